The fourth-order valence-corrected chi connectivity index (χ4v) is 4.18. The number of para-hydroxylation sites is 2. The number of rotatable bonds is 7. The van der Waals surface area contributed by atoms with Gasteiger partial charge in [-0.15, -0.1) is 0 Å². The van der Waals surface area contributed by atoms with E-state index in [0.717, 1.165) is 31.8 Å². The van der Waals surface area contributed by atoms with E-state index >= 15 is 0 Å². The fraction of sp³-hybridized carbons (Fsp3) is 0.0870. The second kappa shape index (κ2) is 10.1. The summed E-state index contributed by atoms with van der Waals surface area (Å²) in [7, 11) is 0. The van der Waals surface area contributed by atoms with E-state index in [9.17, 15) is 4.79 Å². The Morgan fingerprint density at radius 1 is 1.10 bits per heavy atom. The van der Waals surface area contributed by atoms with Gasteiger partial charge in [-0.3, -0.25) is 4.79 Å². The lowest BCUT2D eigenvalue weighted by Crippen LogP contribution is -2.20. The van der Waals surface area contributed by atoms with E-state index in [4.69, 9.17) is 16.6 Å². The number of halogens is 2. The van der Waals surface area contributed by atoms with Crippen LogP contribution in [0, 0.1) is 0 Å². The molecule has 0 fully saturated rings. The molecule has 0 spiro atoms. The van der Waals surface area contributed by atoms with E-state index in [0.29, 0.717) is 11.6 Å². The predicted molar refractivity (Wildman–Crippen MR) is 131 cm³/mol. The number of nitrogens with zero attached hydrogens (tertiary/aromatic N) is 3. The van der Waals surface area contributed by atoms with Crippen LogP contribution in [0.15, 0.2) is 87.5 Å². The molecular formula is C23H18BrClN4OS. The monoisotopic (exact) mass is 512 g/mol. The average Bonchev–Trinajstić information content (AvgIpc) is 3.12. The molecule has 1 amide bonds. The second-order valence-corrected chi connectivity index (χ2v) is 9.02. The highest BCUT2D eigenvalue weighted by molar-refractivity contribution is 9.10. The van der Waals surface area contributed by atoms with Crippen LogP contribution in [0.4, 0.5) is 0 Å². The summed E-state index contributed by atoms with van der Waals surface area (Å²) in [5.74, 6) is 0.0187. The van der Waals surface area contributed by atoms with E-state index in [1.807, 2.05) is 72.8 Å². The van der Waals surface area contributed by atoms with Crippen LogP contribution in [0.1, 0.15) is 11.1 Å². The van der Waals surface area contributed by atoms with Gasteiger partial charge in [-0.1, -0.05) is 75.7 Å². The Balaban J connectivity index is 1.44. The number of thioether (sulfide) groups is 1. The van der Waals surface area contributed by atoms with Crippen LogP contribution in [-0.4, -0.2) is 27.4 Å². The maximum absolute atomic E-state index is 12.3. The van der Waals surface area contributed by atoms with Crippen LogP contribution in [-0.2, 0) is 11.3 Å². The molecule has 31 heavy (non-hydrogen) atoms. The maximum atomic E-state index is 12.3. The molecule has 0 aliphatic heterocycles. The van der Waals surface area contributed by atoms with Crippen LogP contribution in [0.3, 0.4) is 0 Å². The average molecular weight is 514 g/mol. The minimum Gasteiger partial charge on any atom is -0.314 e. The third-order valence-electron chi connectivity index (χ3n) is 4.48. The first-order chi connectivity index (χ1) is 15.1. The van der Waals surface area contributed by atoms with Crippen molar-refractivity contribution in [2.24, 2.45) is 5.10 Å². The van der Waals surface area contributed by atoms with Crippen LogP contribution in [0.5, 0.6) is 0 Å². The summed E-state index contributed by atoms with van der Waals surface area (Å²) >= 11 is 10.8. The number of fused-ring (bicyclic) bond motifs is 1. The first kappa shape index (κ1) is 21.6. The lowest BCUT2D eigenvalue weighted by molar-refractivity contribution is -0.118. The van der Waals surface area contributed by atoms with Gasteiger partial charge in [-0.25, -0.2) is 10.4 Å². The molecule has 0 bridgehead atoms. The highest BCUT2D eigenvalue weighted by Crippen LogP contribution is 2.25. The van der Waals surface area contributed by atoms with Gasteiger partial charge in [0.25, 0.3) is 5.91 Å². The molecule has 0 atom stereocenters. The van der Waals surface area contributed by atoms with E-state index in [1.54, 1.807) is 6.21 Å². The molecule has 1 heterocycles. The topological polar surface area (TPSA) is 59.3 Å². The Morgan fingerprint density at radius 2 is 1.84 bits per heavy atom. The van der Waals surface area contributed by atoms with Crippen molar-refractivity contribution in [2.75, 3.05) is 5.75 Å². The van der Waals surface area contributed by atoms with Gasteiger partial charge in [-0.2, -0.15) is 5.10 Å². The SMILES string of the molecule is O=C(CSc1nc2ccccc2n1Cc1ccc(Cl)cc1)N/N=C\c1ccc(Br)cc1. The van der Waals surface area contributed by atoms with Gasteiger partial charge in [0.2, 0.25) is 0 Å². The largest absolute Gasteiger partial charge is 0.314 e. The zero-order valence-electron chi connectivity index (χ0n) is 16.3. The molecule has 4 rings (SSSR count). The Labute approximate surface area is 197 Å². The normalized spacial score (nSPS) is 11.3. The van der Waals surface area contributed by atoms with Crippen molar-refractivity contribution in [3.63, 3.8) is 0 Å². The summed E-state index contributed by atoms with van der Waals surface area (Å²) in [6.07, 6.45) is 1.62. The number of imidazole rings is 1. The quantitative estimate of drug-likeness (QED) is 0.195. The third kappa shape index (κ3) is 5.76. The van der Waals surface area contributed by atoms with E-state index in [-0.39, 0.29) is 11.7 Å². The molecule has 1 N–H and O–H groups in total. The highest BCUT2D eigenvalue weighted by atomic mass is 79.9. The van der Waals surface area contributed by atoms with Crippen LogP contribution in [0.2, 0.25) is 5.02 Å². The van der Waals surface area contributed by atoms with E-state index < -0.39 is 0 Å². The van der Waals surface area contributed by atoms with Crippen LogP contribution in [0.25, 0.3) is 11.0 Å². The van der Waals surface area contributed by atoms with Crippen LogP contribution >= 0.6 is 39.3 Å². The van der Waals surface area contributed by atoms with Gasteiger partial charge in [0.1, 0.15) is 0 Å². The highest BCUT2D eigenvalue weighted by Gasteiger charge is 2.13. The number of aromatic nitrogens is 2. The van der Waals surface area contributed by atoms with Gasteiger partial charge in [0.15, 0.2) is 5.16 Å². The van der Waals surface area contributed by atoms with Gasteiger partial charge in [-0.05, 0) is 47.5 Å². The molecule has 5 nitrogen and oxygen atoms in total. The number of carbonyl (C=O) groups is 1. The summed E-state index contributed by atoms with van der Waals surface area (Å²) in [4.78, 5) is 17.0. The van der Waals surface area contributed by atoms with Crippen LogP contribution < -0.4 is 5.43 Å². The van der Waals surface area contributed by atoms with Crippen molar-refractivity contribution in [2.45, 2.75) is 11.7 Å². The van der Waals surface area contributed by atoms with Gasteiger partial charge >= 0.3 is 0 Å². The summed E-state index contributed by atoms with van der Waals surface area (Å²) in [5, 5.41) is 5.52. The van der Waals surface area contributed by atoms with Crippen molar-refractivity contribution >= 4 is 62.4 Å². The van der Waals surface area contributed by atoms with Crippen molar-refractivity contribution in [1.29, 1.82) is 0 Å². The molecule has 8 heteroatoms. The van der Waals surface area contributed by atoms with Crippen molar-refractivity contribution in [3.05, 3.63) is 93.4 Å². The van der Waals surface area contributed by atoms with Gasteiger partial charge in [0.05, 0.1) is 29.5 Å². The Morgan fingerprint density at radius 3 is 2.61 bits per heavy atom. The number of hydrogen-bond acceptors (Lipinski definition) is 4. The molecule has 0 saturated carbocycles. The van der Waals surface area contributed by atoms with Crippen molar-refractivity contribution in [1.82, 2.24) is 15.0 Å². The van der Waals surface area contributed by atoms with Gasteiger partial charge < -0.3 is 4.57 Å². The molecule has 0 aliphatic rings. The molecule has 0 saturated heterocycles. The first-order valence-corrected chi connectivity index (χ1v) is 11.6. The molecule has 156 valence electrons. The summed E-state index contributed by atoms with van der Waals surface area (Å²) in [6, 6.07) is 23.4. The molecule has 0 unspecified atom stereocenters. The predicted octanol–water partition coefficient (Wildman–Crippen LogP) is 5.74. The standard InChI is InChI=1S/C23H18BrClN4OS/c24-18-9-5-16(6-10-18)13-26-28-22(30)15-31-23-27-20-3-1-2-4-21(20)29(23)14-17-7-11-19(25)12-8-17/h1-13H,14-15H2,(H,28,30)/b26-13-. The Bertz CT molecular complexity index is 1220. The minimum absolute atomic E-state index is 0.191. The number of nitrogens with one attached hydrogen (secondary N) is 1. The zero-order chi connectivity index (χ0) is 21.6. The van der Waals surface area contributed by atoms with E-state index in [2.05, 4.69) is 31.0 Å². The first-order valence-electron chi connectivity index (χ1n) is 9.48. The Hall–Kier alpha value is -2.61. The zero-order valence-corrected chi connectivity index (χ0v) is 19.5. The molecule has 1 aromatic heterocycles. The van der Waals surface area contributed by atoms with Gasteiger partial charge in [0, 0.05) is 9.50 Å². The van der Waals surface area contributed by atoms with Crippen molar-refractivity contribution < 1.29 is 4.79 Å². The molecule has 0 radical (unpaired) electrons. The number of amides is 1. The second-order valence-electron chi connectivity index (χ2n) is 6.73. The van der Waals surface area contributed by atoms with Crippen molar-refractivity contribution in [3.8, 4) is 0 Å². The Kier molecular flexibility index (Phi) is 7.06. The fourth-order valence-electron chi connectivity index (χ4n) is 2.98. The number of hydrogen-bond donors (Lipinski definition) is 1. The molecule has 0 aliphatic carbocycles. The summed E-state index contributed by atoms with van der Waals surface area (Å²) in [5.41, 5.74) is 6.50. The molecule has 3 aromatic carbocycles. The molecule has 4 aromatic rings. The maximum Gasteiger partial charge on any atom is 0.250 e. The number of benzene rings is 3. The minimum atomic E-state index is -0.191. The lowest BCUT2D eigenvalue weighted by Gasteiger charge is -2.09. The number of carbonyl (C=O) groups excluding carboxylic acids is 1. The summed E-state index contributed by atoms with van der Waals surface area (Å²) in [6.45, 7) is 0.642. The summed E-state index contributed by atoms with van der Waals surface area (Å²) < 4.78 is 3.10. The lowest BCUT2D eigenvalue weighted by atomic mass is 10.2. The smallest absolute Gasteiger partial charge is 0.250 e. The number of hydrazone groups is 1. The third-order valence-corrected chi connectivity index (χ3v) is 6.24. The molecular weight excluding hydrogens is 496 g/mol. The van der Waals surface area contributed by atoms with E-state index in [1.165, 1.54) is 11.8 Å².